The maximum atomic E-state index is 12.9. The summed E-state index contributed by atoms with van der Waals surface area (Å²) in [4.78, 5) is 24.7. The molecule has 1 N–H and O–H groups in total. The zero-order chi connectivity index (χ0) is 19.1. The highest BCUT2D eigenvalue weighted by atomic mass is 16.5. The number of rotatable bonds is 6. The monoisotopic (exact) mass is 359 g/mol. The standard InChI is InChI=1S/C23H21NO3/c1-2-21(25)24-20-16-10-9-15-19(20)23(26)27-22(17-11-5-3-6-12-17)18-13-7-4-8-14-18/h3-16,22H,2H2,1H3,(H,24,25). The fourth-order valence-corrected chi connectivity index (χ4v) is 2.76. The van der Waals surface area contributed by atoms with Crippen LogP contribution in [0.25, 0.3) is 0 Å². The topological polar surface area (TPSA) is 55.4 Å². The Hall–Kier alpha value is -3.40. The Balaban J connectivity index is 1.91. The zero-order valence-electron chi connectivity index (χ0n) is 15.1. The highest BCUT2D eigenvalue weighted by Gasteiger charge is 2.22. The third-order valence-corrected chi connectivity index (χ3v) is 4.17. The van der Waals surface area contributed by atoms with E-state index in [4.69, 9.17) is 4.74 Å². The first kappa shape index (κ1) is 18.4. The summed E-state index contributed by atoms with van der Waals surface area (Å²) >= 11 is 0. The Morgan fingerprint density at radius 1 is 0.815 bits per heavy atom. The second-order valence-corrected chi connectivity index (χ2v) is 6.05. The number of hydrogen-bond donors (Lipinski definition) is 1. The molecule has 4 nitrogen and oxygen atoms in total. The van der Waals surface area contributed by atoms with Crippen molar-refractivity contribution in [3.63, 3.8) is 0 Å². The van der Waals surface area contributed by atoms with Gasteiger partial charge in [-0.05, 0) is 23.3 Å². The second kappa shape index (κ2) is 8.81. The normalized spacial score (nSPS) is 10.4. The third-order valence-electron chi connectivity index (χ3n) is 4.17. The SMILES string of the molecule is CCC(=O)Nc1ccccc1C(=O)OC(c1ccccc1)c1ccccc1. The van der Waals surface area contributed by atoms with E-state index in [1.165, 1.54) is 0 Å². The van der Waals surface area contributed by atoms with Gasteiger partial charge in [0.2, 0.25) is 5.91 Å². The van der Waals surface area contributed by atoms with E-state index in [1.807, 2.05) is 60.7 Å². The molecular formula is C23H21NO3. The number of carbonyl (C=O) groups excluding carboxylic acids is 2. The van der Waals surface area contributed by atoms with E-state index < -0.39 is 12.1 Å². The van der Waals surface area contributed by atoms with Crippen LogP contribution in [0.3, 0.4) is 0 Å². The minimum Gasteiger partial charge on any atom is -0.449 e. The molecule has 0 aliphatic carbocycles. The first-order valence-corrected chi connectivity index (χ1v) is 8.88. The van der Waals surface area contributed by atoms with Gasteiger partial charge >= 0.3 is 5.97 Å². The molecular weight excluding hydrogens is 338 g/mol. The highest BCUT2D eigenvalue weighted by molar-refractivity contribution is 6.01. The number of ether oxygens (including phenoxy) is 1. The summed E-state index contributed by atoms with van der Waals surface area (Å²) in [6.45, 7) is 1.76. The van der Waals surface area contributed by atoms with Crippen molar-refractivity contribution in [1.29, 1.82) is 0 Å². The van der Waals surface area contributed by atoms with Crippen molar-refractivity contribution in [3.05, 3.63) is 102 Å². The van der Waals surface area contributed by atoms with E-state index in [0.717, 1.165) is 11.1 Å². The maximum absolute atomic E-state index is 12.9. The molecule has 0 saturated carbocycles. The lowest BCUT2D eigenvalue weighted by Gasteiger charge is -2.20. The van der Waals surface area contributed by atoms with E-state index in [-0.39, 0.29) is 5.91 Å². The summed E-state index contributed by atoms with van der Waals surface area (Å²) in [6, 6.07) is 26.1. The van der Waals surface area contributed by atoms with Gasteiger partial charge in [-0.15, -0.1) is 0 Å². The van der Waals surface area contributed by atoms with Gasteiger partial charge in [-0.3, -0.25) is 4.79 Å². The van der Waals surface area contributed by atoms with Crippen LogP contribution in [0.4, 0.5) is 5.69 Å². The van der Waals surface area contributed by atoms with Crippen molar-refractivity contribution in [1.82, 2.24) is 0 Å². The van der Waals surface area contributed by atoms with Crippen molar-refractivity contribution in [2.75, 3.05) is 5.32 Å². The van der Waals surface area contributed by atoms with Crippen LogP contribution in [0.2, 0.25) is 0 Å². The molecule has 0 fully saturated rings. The summed E-state index contributed by atoms with van der Waals surface area (Å²) in [5, 5.41) is 2.75. The van der Waals surface area contributed by atoms with Gasteiger partial charge in [0.1, 0.15) is 0 Å². The van der Waals surface area contributed by atoms with Gasteiger partial charge in [0.15, 0.2) is 6.10 Å². The molecule has 3 aromatic carbocycles. The molecule has 0 saturated heterocycles. The molecule has 0 aliphatic rings. The second-order valence-electron chi connectivity index (χ2n) is 6.05. The van der Waals surface area contributed by atoms with E-state index in [2.05, 4.69) is 5.32 Å². The van der Waals surface area contributed by atoms with Gasteiger partial charge in [0, 0.05) is 6.42 Å². The quantitative estimate of drug-likeness (QED) is 0.632. The number of para-hydroxylation sites is 1. The van der Waals surface area contributed by atoms with Crippen molar-refractivity contribution < 1.29 is 14.3 Å². The smallest absolute Gasteiger partial charge is 0.341 e. The number of carbonyl (C=O) groups is 2. The fourth-order valence-electron chi connectivity index (χ4n) is 2.76. The molecule has 0 radical (unpaired) electrons. The molecule has 0 aliphatic heterocycles. The third kappa shape index (κ3) is 4.61. The van der Waals surface area contributed by atoms with E-state index in [1.54, 1.807) is 31.2 Å². The first-order chi connectivity index (χ1) is 13.2. The minimum absolute atomic E-state index is 0.155. The summed E-state index contributed by atoms with van der Waals surface area (Å²) < 4.78 is 5.87. The molecule has 3 aromatic rings. The Morgan fingerprint density at radius 2 is 1.33 bits per heavy atom. The average Bonchev–Trinajstić information content (AvgIpc) is 2.73. The van der Waals surface area contributed by atoms with Crippen LogP contribution in [0.1, 0.15) is 40.9 Å². The molecule has 0 spiro atoms. The number of amides is 1. The zero-order valence-corrected chi connectivity index (χ0v) is 15.1. The molecule has 0 bridgehead atoms. The molecule has 0 heterocycles. The number of esters is 1. The van der Waals surface area contributed by atoms with Crippen LogP contribution >= 0.6 is 0 Å². The summed E-state index contributed by atoms with van der Waals surface area (Å²) in [7, 11) is 0. The lowest BCUT2D eigenvalue weighted by atomic mass is 10.0. The van der Waals surface area contributed by atoms with Crippen LogP contribution < -0.4 is 5.32 Å². The highest BCUT2D eigenvalue weighted by Crippen LogP contribution is 2.28. The molecule has 3 rings (SSSR count). The van der Waals surface area contributed by atoms with E-state index >= 15 is 0 Å². The number of nitrogens with one attached hydrogen (secondary N) is 1. The van der Waals surface area contributed by atoms with Crippen molar-refractivity contribution >= 4 is 17.6 Å². The summed E-state index contributed by atoms with van der Waals surface area (Å²) in [5.74, 6) is -0.641. The molecule has 0 aromatic heterocycles. The minimum atomic E-state index is -0.533. The van der Waals surface area contributed by atoms with Gasteiger partial charge in [-0.2, -0.15) is 0 Å². The van der Waals surface area contributed by atoms with Crippen LogP contribution in [0.15, 0.2) is 84.9 Å². The molecule has 0 atom stereocenters. The van der Waals surface area contributed by atoms with Crippen molar-refractivity contribution in [2.45, 2.75) is 19.4 Å². The van der Waals surface area contributed by atoms with E-state index in [9.17, 15) is 9.59 Å². The Kier molecular flexibility index (Phi) is 6.00. The number of hydrogen-bond acceptors (Lipinski definition) is 3. The summed E-state index contributed by atoms with van der Waals surface area (Å²) in [5.41, 5.74) is 2.55. The van der Waals surface area contributed by atoms with Gasteiger partial charge < -0.3 is 10.1 Å². The predicted octanol–water partition coefficient (Wildman–Crippen LogP) is 4.98. The number of benzene rings is 3. The van der Waals surface area contributed by atoms with Gasteiger partial charge in [0.05, 0.1) is 11.3 Å². The Morgan fingerprint density at radius 3 is 1.89 bits per heavy atom. The average molecular weight is 359 g/mol. The van der Waals surface area contributed by atoms with Crippen LogP contribution in [0.5, 0.6) is 0 Å². The van der Waals surface area contributed by atoms with Crippen LogP contribution in [-0.4, -0.2) is 11.9 Å². The molecule has 0 unspecified atom stereocenters. The number of anilines is 1. The fraction of sp³-hybridized carbons (Fsp3) is 0.130. The maximum Gasteiger partial charge on any atom is 0.341 e. The van der Waals surface area contributed by atoms with Gasteiger partial charge in [-0.25, -0.2) is 4.79 Å². The first-order valence-electron chi connectivity index (χ1n) is 8.88. The van der Waals surface area contributed by atoms with Crippen molar-refractivity contribution in [2.24, 2.45) is 0 Å². The van der Waals surface area contributed by atoms with Gasteiger partial charge in [-0.1, -0.05) is 79.7 Å². The molecule has 136 valence electrons. The molecule has 1 amide bonds. The lowest BCUT2D eigenvalue weighted by molar-refractivity contribution is -0.115. The van der Waals surface area contributed by atoms with Crippen molar-refractivity contribution in [3.8, 4) is 0 Å². The summed E-state index contributed by atoms with van der Waals surface area (Å²) in [6.07, 6.45) is -0.199. The molecule has 27 heavy (non-hydrogen) atoms. The molecule has 4 heteroatoms. The Bertz CT molecular complexity index is 868. The largest absolute Gasteiger partial charge is 0.449 e. The Labute approximate surface area is 158 Å². The van der Waals surface area contributed by atoms with Crippen LogP contribution in [0, 0.1) is 0 Å². The van der Waals surface area contributed by atoms with E-state index in [0.29, 0.717) is 17.7 Å². The predicted molar refractivity (Wildman–Crippen MR) is 106 cm³/mol. The lowest BCUT2D eigenvalue weighted by Crippen LogP contribution is -2.17. The van der Waals surface area contributed by atoms with Gasteiger partial charge in [0.25, 0.3) is 0 Å². The van der Waals surface area contributed by atoms with Crippen LogP contribution in [-0.2, 0) is 9.53 Å².